The molecule has 0 saturated carbocycles. The summed E-state index contributed by atoms with van der Waals surface area (Å²) in [6.45, 7) is 13.4. The van der Waals surface area contributed by atoms with E-state index in [0.29, 0.717) is 11.0 Å². The van der Waals surface area contributed by atoms with Gasteiger partial charge in [0.1, 0.15) is 0 Å². The van der Waals surface area contributed by atoms with E-state index in [1.165, 1.54) is 32.3 Å². The Morgan fingerprint density at radius 1 is 0.660 bits per heavy atom. The molecule has 2 aromatic heterocycles. The van der Waals surface area contributed by atoms with Crippen LogP contribution >= 0.6 is 31.9 Å². The first-order valence-electron chi connectivity index (χ1n) is 14.7. The third-order valence-electron chi connectivity index (χ3n) is 7.74. The Morgan fingerprint density at radius 2 is 1.13 bits per heavy atom. The highest BCUT2D eigenvalue weighted by Crippen LogP contribution is 2.34. The van der Waals surface area contributed by atoms with E-state index in [-0.39, 0.29) is 23.6 Å². The van der Waals surface area contributed by atoms with Crippen LogP contribution in [0.2, 0.25) is 39.3 Å². The molecule has 2 aromatic carbocycles. The molecule has 10 nitrogen and oxygen atoms in total. The highest BCUT2D eigenvalue weighted by molar-refractivity contribution is 9.10. The molecule has 0 fully saturated rings. The molecule has 0 aliphatic carbocycles. The molecule has 0 bridgehead atoms. The summed E-state index contributed by atoms with van der Waals surface area (Å²) in [7, 11) is -1.66. The van der Waals surface area contributed by atoms with E-state index in [2.05, 4.69) is 85.7 Å². The van der Waals surface area contributed by atoms with Crippen molar-refractivity contribution in [3.05, 3.63) is 81.5 Å². The minimum Gasteiger partial charge on any atom is -0.423 e. The first-order chi connectivity index (χ1) is 21.7. The summed E-state index contributed by atoms with van der Waals surface area (Å²) >= 11 is 6.91. The number of hydrogen-bond donors (Lipinski definition) is 2. The summed E-state index contributed by atoms with van der Waals surface area (Å²) in [5.74, 6) is -0.978. The van der Waals surface area contributed by atoms with E-state index in [0.717, 1.165) is 46.1 Å². The predicted molar refractivity (Wildman–Crippen MR) is 199 cm³/mol. The van der Waals surface area contributed by atoms with Crippen molar-refractivity contribution in [3.8, 4) is 0 Å². The molecule has 2 N–H and O–H groups in total. The Kier molecular flexibility index (Phi) is 10.6. The molecule has 2 aliphatic rings. The SMILES string of the molecule is CN1C(=O)C=C(c2cn([Si](C)(C)C)c3ccc(Br)cc23)C1=O.CN1C(=O)C=CC1=O.C[Si](C)(C)n1cc(B(O)O)c2cc(Br)ccc21. The van der Waals surface area contributed by atoms with Crippen LogP contribution in [0, 0.1) is 0 Å². The van der Waals surface area contributed by atoms with E-state index >= 15 is 0 Å². The maximum atomic E-state index is 12.3. The number of halogens is 2. The maximum absolute atomic E-state index is 12.3. The van der Waals surface area contributed by atoms with Gasteiger partial charge in [0.05, 0.1) is 5.57 Å². The van der Waals surface area contributed by atoms with Crippen LogP contribution in [-0.2, 0) is 19.2 Å². The number of imide groups is 2. The third-order valence-corrected chi connectivity index (χ3v) is 12.4. The average Bonchev–Trinajstić information content (AvgIpc) is 3.70. The highest BCUT2D eigenvalue weighted by atomic mass is 79.9. The van der Waals surface area contributed by atoms with Crippen molar-refractivity contribution < 1.29 is 29.2 Å². The van der Waals surface area contributed by atoms with E-state index in [4.69, 9.17) is 0 Å². The van der Waals surface area contributed by atoms with Crippen molar-refractivity contribution in [2.75, 3.05) is 14.1 Å². The van der Waals surface area contributed by atoms with E-state index < -0.39 is 23.6 Å². The fourth-order valence-electron chi connectivity index (χ4n) is 5.19. The van der Waals surface area contributed by atoms with Gasteiger partial charge in [0, 0.05) is 74.9 Å². The summed E-state index contributed by atoms with van der Waals surface area (Å²) in [6.07, 6.45) is 7.84. The Labute approximate surface area is 292 Å². The first-order valence-corrected chi connectivity index (χ1v) is 23.2. The van der Waals surface area contributed by atoms with Gasteiger partial charge >= 0.3 is 7.12 Å². The van der Waals surface area contributed by atoms with Gasteiger partial charge in [-0.2, -0.15) is 0 Å². The lowest BCUT2D eigenvalue weighted by molar-refractivity contribution is -0.136. The lowest BCUT2D eigenvalue weighted by atomic mass is 9.80. The molecular formula is C32H37BBr2N4O6Si2. The number of benzene rings is 2. The molecule has 0 saturated heterocycles. The van der Waals surface area contributed by atoms with Crippen molar-refractivity contribution in [2.24, 2.45) is 0 Å². The molecular weight excluding hydrogens is 763 g/mol. The van der Waals surface area contributed by atoms with Crippen molar-refractivity contribution in [2.45, 2.75) is 39.3 Å². The predicted octanol–water partition coefficient (Wildman–Crippen LogP) is 4.78. The van der Waals surface area contributed by atoms with Crippen LogP contribution in [0.4, 0.5) is 0 Å². The molecule has 4 heterocycles. The lowest BCUT2D eigenvalue weighted by Gasteiger charge is -2.20. The summed E-state index contributed by atoms with van der Waals surface area (Å²) in [5, 5.41) is 20.8. The van der Waals surface area contributed by atoms with E-state index in [1.807, 2.05) is 42.7 Å². The van der Waals surface area contributed by atoms with Gasteiger partial charge in [-0.15, -0.1) is 0 Å². The second kappa shape index (κ2) is 13.6. The number of fused-ring (bicyclic) bond motifs is 2. The van der Waals surface area contributed by atoms with Gasteiger partial charge in [-0.3, -0.25) is 29.0 Å². The Hall–Kier alpha value is -3.34. The standard InChI is InChI=1S/C16H17BrN2O2Si.C11H15BBrNO2Si.C5H5NO2/c1-18-15(20)8-12(16(18)21)13-9-19(22(2,3)4)14-6-5-10(17)7-11(13)14;1-17(2,3)14-7-10(12(15)16)9-6-8(13)4-5-11(9)14;1-6-4(7)2-3-5(6)8/h5-9H,1-4H3;4-7,15-16H,1-3H3;2-3H,1H3. The topological polar surface area (TPSA) is 125 Å². The number of likely N-dealkylation sites (N-methyl/N-ethyl adjacent to an activating group) is 2. The van der Waals surface area contributed by atoms with Gasteiger partial charge in [0.15, 0.2) is 16.5 Å². The van der Waals surface area contributed by atoms with E-state index in [1.54, 1.807) is 0 Å². The number of amides is 4. The molecule has 15 heteroatoms. The van der Waals surface area contributed by atoms with Crippen molar-refractivity contribution >= 4 is 112 Å². The molecule has 47 heavy (non-hydrogen) atoms. The van der Waals surface area contributed by atoms with E-state index in [9.17, 15) is 29.2 Å². The van der Waals surface area contributed by atoms with Crippen molar-refractivity contribution in [3.63, 3.8) is 0 Å². The van der Waals surface area contributed by atoms with Crippen LogP contribution in [-0.4, -0.2) is 89.6 Å². The molecule has 6 rings (SSSR count). The number of nitrogens with zero attached hydrogens (tertiary/aromatic N) is 4. The van der Waals surface area contributed by atoms with Gasteiger partial charge in [-0.1, -0.05) is 71.1 Å². The molecule has 2 aliphatic heterocycles. The van der Waals surface area contributed by atoms with Gasteiger partial charge in [0.2, 0.25) is 0 Å². The zero-order valence-electron chi connectivity index (χ0n) is 27.5. The van der Waals surface area contributed by atoms with Crippen LogP contribution in [0.1, 0.15) is 5.56 Å². The number of rotatable bonds is 4. The fraction of sp³-hybridized carbons (Fsp3) is 0.250. The van der Waals surface area contributed by atoms with Crippen LogP contribution in [0.5, 0.6) is 0 Å². The minimum atomic E-state index is -1.64. The average molecular weight is 800 g/mol. The molecule has 4 amide bonds. The molecule has 0 atom stereocenters. The third kappa shape index (κ3) is 7.71. The maximum Gasteiger partial charge on any atom is 0.490 e. The Bertz CT molecular complexity index is 1970. The monoisotopic (exact) mass is 798 g/mol. The molecule has 0 unspecified atom stereocenters. The molecule has 0 radical (unpaired) electrons. The number of hydrogen-bond acceptors (Lipinski definition) is 6. The number of carbonyl (C=O) groups excluding carboxylic acids is 4. The van der Waals surface area contributed by atoms with Gasteiger partial charge in [-0.25, -0.2) is 0 Å². The normalized spacial score (nSPS) is 14.9. The molecule has 0 spiro atoms. The summed E-state index contributed by atoms with van der Waals surface area (Å²) in [6, 6.07) is 12.0. The molecule has 246 valence electrons. The highest BCUT2D eigenvalue weighted by Gasteiger charge is 2.32. The van der Waals surface area contributed by atoms with Crippen LogP contribution in [0.25, 0.3) is 27.4 Å². The van der Waals surface area contributed by atoms with Crippen LogP contribution in [0.3, 0.4) is 0 Å². The summed E-state index contributed by atoms with van der Waals surface area (Å²) in [5.41, 5.74) is 4.06. The first kappa shape index (κ1) is 36.5. The van der Waals surface area contributed by atoms with Crippen molar-refractivity contribution in [1.29, 1.82) is 0 Å². The van der Waals surface area contributed by atoms with Gasteiger partial charge < -0.3 is 18.5 Å². The number of carbonyl (C=O) groups is 4. The van der Waals surface area contributed by atoms with Crippen LogP contribution in [0.15, 0.2) is 76.0 Å². The quantitative estimate of drug-likeness (QED) is 0.227. The second-order valence-electron chi connectivity index (χ2n) is 13.2. The summed E-state index contributed by atoms with van der Waals surface area (Å²) < 4.78 is 6.38. The van der Waals surface area contributed by atoms with Crippen LogP contribution < -0.4 is 5.46 Å². The van der Waals surface area contributed by atoms with Gasteiger partial charge in [0.25, 0.3) is 23.6 Å². The Morgan fingerprint density at radius 3 is 1.53 bits per heavy atom. The largest absolute Gasteiger partial charge is 0.490 e. The summed E-state index contributed by atoms with van der Waals surface area (Å²) in [4.78, 5) is 47.1. The van der Waals surface area contributed by atoms with Gasteiger partial charge in [-0.05, 0) is 48.0 Å². The molecule has 4 aromatic rings. The fourth-order valence-corrected chi connectivity index (χ4v) is 8.79. The zero-order valence-corrected chi connectivity index (χ0v) is 32.7. The minimum absolute atomic E-state index is 0.236. The zero-order chi connectivity index (χ0) is 35.2. The second-order valence-corrected chi connectivity index (χ2v) is 24.7. The number of aromatic nitrogens is 2. The lowest BCUT2D eigenvalue weighted by Crippen LogP contribution is -2.33. The smallest absolute Gasteiger partial charge is 0.423 e. The van der Waals surface area contributed by atoms with Crippen molar-refractivity contribution in [1.82, 2.24) is 18.3 Å². The Balaban J connectivity index is 0.000000177.